The van der Waals surface area contributed by atoms with Crippen LogP contribution in [0.3, 0.4) is 0 Å². The molecule has 0 bridgehead atoms. The summed E-state index contributed by atoms with van der Waals surface area (Å²) in [6.45, 7) is 4.83. The van der Waals surface area contributed by atoms with E-state index in [2.05, 4.69) is 105 Å². The van der Waals surface area contributed by atoms with Crippen LogP contribution in [0.1, 0.15) is 19.4 Å². The van der Waals surface area contributed by atoms with Crippen molar-refractivity contribution in [1.82, 2.24) is 0 Å². The van der Waals surface area contributed by atoms with Crippen LogP contribution in [0.25, 0.3) is 0 Å². The van der Waals surface area contributed by atoms with Gasteiger partial charge in [-0.15, -0.1) is 0 Å². The average Bonchev–Trinajstić information content (AvgIpc) is 2.64. The molecule has 0 heterocycles. The van der Waals surface area contributed by atoms with Crippen LogP contribution in [0, 0.1) is 5.92 Å². The van der Waals surface area contributed by atoms with Crippen molar-refractivity contribution in [2.45, 2.75) is 23.5 Å². The Morgan fingerprint density at radius 1 is 0.640 bits per heavy atom. The minimum atomic E-state index is 0.337. The zero-order chi connectivity index (χ0) is 17.5. The number of hydrogen-bond acceptors (Lipinski definition) is 0. The summed E-state index contributed by atoms with van der Waals surface area (Å²) >= 11 is 0.877. The van der Waals surface area contributed by atoms with Gasteiger partial charge in [0, 0.05) is 0 Å². The molecule has 3 aromatic rings. The first kappa shape index (κ1) is 18.5. The van der Waals surface area contributed by atoms with Gasteiger partial charge in [-0.05, 0) is 0 Å². The first-order chi connectivity index (χ1) is 12.2. The summed E-state index contributed by atoms with van der Waals surface area (Å²) in [4.78, 5) is 0. The van der Waals surface area contributed by atoms with Crippen LogP contribution in [0.5, 0.6) is 0 Å². The quantitative estimate of drug-likeness (QED) is 0.469. The monoisotopic (exact) mass is 460 g/mol. The van der Waals surface area contributed by atoms with Gasteiger partial charge in [0.2, 0.25) is 0 Å². The average molecular weight is 458 g/mol. The Bertz CT molecular complexity index is 650. The second-order valence-corrected chi connectivity index (χ2v) is 13.7. The van der Waals surface area contributed by atoms with E-state index in [9.17, 15) is 0 Å². The Labute approximate surface area is 164 Å². The van der Waals surface area contributed by atoms with Crippen molar-refractivity contribution in [3.05, 3.63) is 96.6 Å². The molecule has 0 nitrogen and oxygen atoms in total. The Morgan fingerprint density at radius 3 is 1.44 bits per heavy atom. The summed E-state index contributed by atoms with van der Waals surface area (Å²) in [6, 6.07) is 33.2. The third-order valence-corrected chi connectivity index (χ3v) is 12.2. The second-order valence-electron chi connectivity index (χ2n) is 6.46. The third kappa shape index (κ3) is 5.09. The van der Waals surface area contributed by atoms with Gasteiger partial charge in [0.15, 0.2) is 0 Å². The van der Waals surface area contributed by atoms with Crippen molar-refractivity contribution < 1.29 is 0 Å². The van der Waals surface area contributed by atoms with Gasteiger partial charge in [-0.2, -0.15) is 0 Å². The number of benzene rings is 3. The Hall–Kier alpha value is -1.30. The summed E-state index contributed by atoms with van der Waals surface area (Å²) in [5, 5.41) is 0. The Morgan fingerprint density at radius 2 is 1.04 bits per heavy atom. The molecule has 0 aliphatic carbocycles. The normalized spacial score (nSPS) is 11.6. The van der Waals surface area contributed by atoms with Gasteiger partial charge in [0.25, 0.3) is 0 Å². The maximum absolute atomic E-state index is 2.42. The molecule has 2 heteroatoms. The first-order valence-corrected chi connectivity index (χ1v) is 12.1. The molecule has 0 fully saturated rings. The van der Waals surface area contributed by atoms with Gasteiger partial charge < -0.3 is 0 Å². The molecule has 0 aliphatic heterocycles. The number of rotatable bonds is 7. The molecule has 0 aromatic heterocycles. The van der Waals surface area contributed by atoms with Crippen molar-refractivity contribution >= 4 is 38.8 Å². The van der Waals surface area contributed by atoms with E-state index < -0.39 is 0 Å². The van der Waals surface area contributed by atoms with Crippen molar-refractivity contribution in [3.63, 3.8) is 0 Å². The fourth-order valence-corrected chi connectivity index (χ4v) is 10.3. The molecule has 0 amide bonds. The zero-order valence-electron chi connectivity index (χ0n) is 14.8. The van der Waals surface area contributed by atoms with Crippen molar-refractivity contribution in [3.8, 4) is 0 Å². The van der Waals surface area contributed by atoms with E-state index in [1.165, 1.54) is 14.5 Å². The van der Waals surface area contributed by atoms with Crippen LogP contribution < -0.4 is 8.92 Å². The van der Waals surface area contributed by atoms with E-state index in [1.807, 2.05) is 0 Å². The molecule has 0 saturated heterocycles. The SMILES string of the molecule is CC(C)C(Cc1ccccc1)([Se]c1ccccc1)[Se]c1ccccc1. The molecule has 128 valence electrons. The van der Waals surface area contributed by atoms with Gasteiger partial charge in [-0.1, -0.05) is 0 Å². The van der Waals surface area contributed by atoms with Crippen LogP contribution in [0.15, 0.2) is 91.0 Å². The molecule has 0 unspecified atom stereocenters. The van der Waals surface area contributed by atoms with Gasteiger partial charge >= 0.3 is 165 Å². The van der Waals surface area contributed by atoms with Crippen molar-refractivity contribution in [2.24, 2.45) is 5.92 Å². The van der Waals surface area contributed by atoms with E-state index in [-0.39, 0.29) is 0 Å². The van der Waals surface area contributed by atoms with Gasteiger partial charge in [-0.25, -0.2) is 0 Å². The van der Waals surface area contributed by atoms with Crippen LogP contribution in [0.4, 0.5) is 0 Å². The molecule has 0 radical (unpaired) electrons. The van der Waals surface area contributed by atoms with E-state index >= 15 is 0 Å². The fraction of sp³-hybridized carbons (Fsp3) is 0.217. The molecule has 0 aliphatic rings. The Kier molecular flexibility index (Phi) is 6.56. The topological polar surface area (TPSA) is 0 Å². The minimum absolute atomic E-state index is 0.337. The molecular formula is C23H24Se2. The van der Waals surface area contributed by atoms with Crippen LogP contribution in [-0.4, -0.2) is 29.9 Å². The predicted molar refractivity (Wildman–Crippen MR) is 111 cm³/mol. The molecule has 3 aromatic carbocycles. The zero-order valence-corrected chi connectivity index (χ0v) is 18.2. The first-order valence-electron chi connectivity index (χ1n) is 8.70. The summed E-state index contributed by atoms with van der Waals surface area (Å²) < 4.78 is 3.36. The van der Waals surface area contributed by atoms with Crippen molar-refractivity contribution in [1.29, 1.82) is 0 Å². The summed E-state index contributed by atoms with van der Waals surface area (Å²) in [5.41, 5.74) is 1.46. The third-order valence-electron chi connectivity index (χ3n) is 4.24. The summed E-state index contributed by atoms with van der Waals surface area (Å²) in [6.07, 6.45) is 1.16. The molecule has 0 spiro atoms. The van der Waals surface area contributed by atoms with Gasteiger partial charge in [0.1, 0.15) is 0 Å². The van der Waals surface area contributed by atoms with Gasteiger partial charge in [-0.3, -0.25) is 0 Å². The van der Waals surface area contributed by atoms with Crippen LogP contribution in [-0.2, 0) is 6.42 Å². The molecule has 0 N–H and O–H groups in total. The second kappa shape index (κ2) is 8.88. The molecule has 0 saturated carbocycles. The molecule has 25 heavy (non-hydrogen) atoms. The summed E-state index contributed by atoms with van der Waals surface area (Å²) in [5.74, 6) is 0.646. The van der Waals surface area contributed by atoms with Crippen LogP contribution in [0.2, 0.25) is 3.21 Å². The number of hydrogen-bond donors (Lipinski definition) is 0. The van der Waals surface area contributed by atoms with Crippen molar-refractivity contribution in [2.75, 3.05) is 0 Å². The van der Waals surface area contributed by atoms with E-state index in [4.69, 9.17) is 0 Å². The molecule has 0 atom stereocenters. The maximum atomic E-state index is 2.42. The standard InChI is InChI=1S/C23H24Se2/c1-19(2)23(18-20-12-6-3-7-13-20,24-21-14-8-4-9-15-21)25-22-16-10-5-11-17-22/h3-17,19H,18H2,1-2H3. The fourth-order valence-electron chi connectivity index (χ4n) is 2.79. The van der Waals surface area contributed by atoms with E-state index in [0.717, 1.165) is 6.42 Å². The molecular weight excluding hydrogens is 434 g/mol. The molecule has 3 rings (SSSR count). The van der Waals surface area contributed by atoms with Gasteiger partial charge in [0.05, 0.1) is 0 Å². The predicted octanol–water partition coefficient (Wildman–Crippen LogP) is 4.06. The van der Waals surface area contributed by atoms with E-state index in [0.29, 0.717) is 39.0 Å². The van der Waals surface area contributed by atoms with Crippen LogP contribution >= 0.6 is 0 Å². The van der Waals surface area contributed by atoms with E-state index in [1.54, 1.807) is 0 Å². The Balaban J connectivity index is 1.97. The summed E-state index contributed by atoms with van der Waals surface area (Å²) in [7, 11) is 0.